The monoisotopic (exact) mass is 505 g/mol. The molecule has 1 fully saturated rings. The first-order valence-corrected chi connectivity index (χ1v) is 14.3. The van der Waals surface area contributed by atoms with Gasteiger partial charge >= 0.3 is 0 Å². The number of hydrogen-bond acceptors (Lipinski definition) is 4. The molecule has 7 heteroatoms. The van der Waals surface area contributed by atoms with Crippen LogP contribution in [0.2, 0.25) is 0 Å². The molecule has 0 bridgehead atoms. The SMILES string of the molecule is Cc1ccc(N(Cc2ccc(C(=O)NCc3cccc(CN4CCCC4)c3)cc2)S(C)(=O)=O)cc1C. The van der Waals surface area contributed by atoms with Crippen LogP contribution in [0.4, 0.5) is 5.69 Å². The van der Waals surface area contributed by atoms with Gasteiger partial charge < -0.3 is 5.32 Å². The lowest BCUT2D eigenvalue weighted by atomic mass is 10.1. The largest absolute Gasteiger partial charge is 0.348 e. The Morgan fingerprint density at radius 1 is 0.889 bits per heavy atom. The zero-order valence-corrected chi connectivity index (χ0v) is 22.1. The normalized spacial score (nSPS) is 14.1. The van der Waals surface area contributed by atoms with E-state index in [1.807, 2.05) is 56.3 Å². The number of sulfonamides is 1. The topological polar surface area (TPSA) is 69.7 Å². The Hall–Kier alpha value is -3.16. The van der Waals surface area contributed by atoms with E-state index in [0.29, 0.717) is 17.8 Å². The van der Waals surface area contributed by atoms with Crippen LogP contribution in [0.15, 0.2) is 66.7 Å². The van der Waals surface area contributed by atoms with Gasteiger partial charge in [0.15, 0.2) is 0 Å². The van der Waals surface area contributed by atoms with Crippen LogP contribution in [-0.4, -0.2) is 38.6 Å². The van der Waals surface area contributed by atoms with E-state index < -0.39 is 10.0 Å². The van der Waals surface area contributed by atoms with Crippen molar-refractivity contribution in [1.29, 1.82) is 0 Å². The fourth-order valence-corrected chi connectivity index (χ4v) is 5.41. The van der Waals surface area contributed by atoms with Crippen LogP contribution in [0.25, 0.3) is 0 Å². The molecule has 1 aliphatic rings. The summed E-state index contributed by atoms with van der Waals surface area (Å²) in [7, 11) is -3.47. The van der Waals surface area contributed by atoms with Crippen LogP contribution >= 0.6 is 0 Å². The summed E-state index contributed by atoms with van der Waals surface area (Å²) in [6.07, 6.45) is 3.75. The van der Waals surface area contributed by atoms with Crippen LogP contribution in [0.5, 0.6) is 0 Å². The van der Waals surface area contributed by atoms with Gasteiger partial charge in [0.05, 0.1) is 18.5 Å². The number of carbonyl (C=O) groups excluding carboxylic acids is 1. The van der Waals surface area contributed by atoms with Gasteiger partial charge in [0.1, 0.15) is 0 Å². The molecule has 0 spiro atoms. The Bertz CT molecular complexity index is 1310. The smallest absolute Gasteiger partial charge is 0.251 e. The molecule has 0 atom stereocenters. The highest BCUT2D eigenvalue weighted by atomic mass is 32.2. The molecular weight excluding hydrogens is 470 g/mol. The zero-order valence-electron chi connectivity index (χ0n) is 21.3. The molecular formula is C29H35N3O3S. The van der Waals surface area contributed by atoms with Crippen LogP contribution in [0, 0.1) is 13.8 Å². The van der Waals surface area contributed by atoms with Crippen molar-refractivity contribution >= 4 is 21.6 Å². The summed E-state index contributed by atoms with van der Waals surface area (Å²) in [6, 6.07) is 21.1. The minimum Gasteiger partial charge on any atom is -0.348 e. The predicted octanol–water partition coefficient (Wildman–Crippen LogP) is 4.80. The molecule has 1 saturated heterocycles. The first kappa shape index (κ1) is 25.9. The van der Waals surface area contributed by atoms with Crippen LogP contribution in [-0.2, 0) is 29.7 Å². The second-order valence-corrected chi connectivity index (χ2v) is 11.6. The highest BCUT2D eigenvalue weighted by Gasteiger charge is 2.19. The Morgan fingerprint density at radius 2 is 1.58 bits per heavy atom. The lowest BCUT2D eigenvalue weighted by Gasteiger charge is -2.23. The minimum atomic E-state index is -3.47. The Kier molecular flexibility index (Phi) is 8.11. The number of anilines is 1. The van der Waals surface area contributed by atoms with Crippen LogP contribution in [0.3, 0.4) is 0 Å². The van der Waals surface area contributed by atoms with E-state index >= 15 is 0 Å². The summed E-state index contributed by atoms with van der Waals surface area (Å²) in [5, 5.41) is 3.00. The highest BCUT2D eigenvalue weighted by molar-refractivity contribution is 7.92. The molecule has 1 N–H and O–H groups in total. The van der Waals surface area contributed by atoms with Gasteiger partial charge in [-0.25, -0.2) is 8.42 Å². The van der Waals surface area contributed by atoms with Gasteiger partial charge in [0, 0.05) is 18.7 Å². The molecule has 36 heavy (non-hydrogen) atoms. The third kappa shape index (κ3) is 6.74. The molecule has 6 nitrogen and oxygen atoms in total. The fourth-order valence-electron chi connectivity index (χ4n) is 4.53. The van der Waals surface area contributed by atoms with Crippen molar-refractivity contribution in [1.82, 2.24) is 10.2 Å². The second-order valence-electron chi connectivity index (χ2n) is 9.72. The number of carbonyl (C=O) groups is 1. The Labute approximate surface area is 215 Å². The maximum absolute atomic E-state index is 12.7. The molecule has 4 rings (SSSR count). The van der Waals surface area contributed by atoms with Gasteiger partial charge in [-0.15, -0.1) is 0 Å². The number of nitrogens with zero attached hydrogens (tertiary/aromatic N) is 2. The maximum atomic E-state index is 12.7. The standard InChI is InChI=1S/C29H35N3O3S/c1-22-9-14-28(17-23(22)2)32(36(3,34)35)21-24-10-12-27(13-11-24)29(33)30-19-25-7-6-8-26(18-25)20-31-15-4-5-16-31/h6-14,17-18H,4-5,15-16,19-21H2,1-3H3,(H,30,33). The van der Waals surface area contributed by atoms with E-state index in [4.69, 9.17) is 0 Å². The summed E-state index contributed by atoms with van der Waals surface area (Å²) in [5.41, 5.74) is 6.49. The number of aryl methyl sites for hydroxylation is 2. The number of nitrogens with one attached hydrogen (secondary N) is 1. The predicted molar refractivity (Wildman–Crippen MR) is 146 cm³/mol. The molecule has 0 saturated carbocycles. The van der Waals surface area contributed by atoms with E-state index in [-0.39, 0.29) is 12.5 Å². The molecule has 0 aromatic heterocycles. The van der Waals surface area contributed by atoms with Crippen molar-refractivity contribution in [2.45, 2.75) is 46.3 Å². The Balaban J connectivity index is 1.38. The number of hydrogen-bond donors (Lipinski definition) is 1. The zero-order chi connectivity index (χ0) is 25.7. The van der Waals surface area contributed by atoms with Crippen LogP contribution in [0.1, 0.15) is 51.0 Å². The average molecular weight is 506 g/mol. The lowest BCUT2D eigenvalue weighted by molar-refractivity contribution is 0.0951. The number of rotatable bonds is 9. The van der Waals surface area contributed by atoms with Crippen molar-refractivity contribution in [2.75, 3.05) is 23.7 Å². The van der Waals surface area contributed by atoms with Crippen LogP contribution < -0.4 is 9.62 Å². The second kappa shape index (κ2) is 11.3. The molecule has 3 aromatic carbocycles. The molecule has 1 aliphatic heterocycles. The van der Waals surface area contributed by atoms with Crippen molar-refractivity contribution in [2.24, 2.45) is 0 Å². The van der Waals surface area contributed by atoms with Crippen molar-refractivity contribution in [3.8, 4) is 0 Å². The van der Waals surface area contributed by atoms with Gasteiger partial charge in [0.2, 0.25) is 10.0 Å². The van der Waals surface area contributed by atoms with Gasteiger partial charge in [-0.05, 0) is 91.9 Å². The van der Waals surface area contributed by atoms with E-state index in [1.165, 1.54) is 29.0 Å². The maximum Gasteiger partial charge on any atom is 0.251 e. The molecule has 0 aliphatic carbocycles. The average Bonchev–Trinajstić information content (AvgIpc) is 3.36. The van der Waals surface area contributed by atoms with Gasteiger partial charge in [-0.3, -0.25) is 14.0 Å². The van der Waals surface area contributed by atoms with Gasteiger partial charge in [0.25, 0.3) is 5.91 Å². The summed E-state index contributed by atoms with van der Waals surface area (Å²) in [6.45, 7) is 7.90. The molecule has 190 valence electrons. The van der Waals surface area contributed by atoms with Crippen molar-refractivity contribution in [3.63, 3.8) is 0 Å². The first-order chi connectivity index (χ1) is 17.2. The third-order valence-corrected chi connectivity index (χ3v) is 7.91. The van der Waals surface area contributed by atoms with Gasteiger partial charge in [-0.1, -0.05) is 42.5 Å². The van der Waals surface area contributed by atoms with Crippen molar-refractivity contribution in [3.05, 3.63) is 100 Å². The molecule has 1 amide bonds. The fraction of sp³-hybridized carbons (Fsp3) is 0.345. The summed E-state index contributed by atoms with van der Waals surface area (Å²) in [4.78, 5) is 15.2. The van der Waals surface area contributed by atoms with E-state index in [9.17, 15) is 13.2 Å². The highest BCUT2D eigenvalue weighted by Crippen LogP contribution is 2.23. The molecule has 0 radical (unpaired) electrons. The van der Waals surface area contributed by atoms with E-state index in [0.717, 1.165) is 41.9 Å². The molecule has 0 unspecified atom stereocenters. The quantitative estimate of drug-likeness (QED) is 0.454. The summed E-state index contributed by atoms with van der Waals surface area (Å²) in [5.74, 6) is -0.152. The molecule has 1 heterocycles. The molecule has 3 aromatic rings. The Morgan fingerprint density at radius 3 is 2.25 bits per heavy atom. The van der Waals surface area contributed by atoms with Crippen molar-refractivity contribution < 1.29 is 13.2 Å². The van der Waals surface area contributed by atoms with E-state index in [2.05, 4.69) is 22.3 Å². The minimum absolute atomic E-state index is 0.152. The number of likely N-dealkylation sites (tertiary alicyclic amines) is 1. The number of amides is 1. The summed E-state index contributed by atoms with van der Waals surface area (Å²) < 4.78 is 26.4. The van der Waals surface area contributed by atoms with Gasteiger partial charge in [-0.2, -0.15) is 0 Å². The lowest BCUT2D eigenvalue weighted by Crippen LogP contribution is -2.29. The van der Waals surface area contributed by atoms with E-state index in [1.54, 1.807) is 12.1 Å². The first-order valence-electron chi connectivity index (χ1n) is 12.4. The third-order valence-electron chi connectivity index (χ3n) is 6.77. The summed E-state index contributed by atoms with van der Waals surface area (Å²) >= 11 is 0. The number of benzene rings is 3.